The van der Waals surface area contributed by atoms with E-state index in [1.54, 1.807) is 19.2 Å². The van der Waals surface area contributed by atoms with Gasteiger partial charge in [0.1, 0.15) is 17.6 Å². The van der Waals surface area contributed by atoms with Gasteiger partial charge in [-0.2, -0.15) is 0 Å². The van der Waals surface area contributed by atoms with E-state index in [1.807, 2.05) is 30.0 Å². The molecular weight excluding hydrogens is 383 g/mol. The number of amides is 1. The third kappa shape index (κ3) is 4.20. The van der Waals surface area contributed by atoms with Gasteiger partial charge in [0.2, 0.25) is 11.9 Å². The van der Waals surface area contributed by atoms with Gasteiger partial charge < -0.3 is 15.0 Å². The maximum atomic E-state index is 13.0. The van der Waals surface area contributed by atoms with Gasteiger partial charge in [-0.25, -0.2) is 14.4 Å². The lowest BCUT2D eigenvalue weighted by atomic mass is 10.1. The Hall–Kier alpha value is -3.22. The molecule has 156 valence electrons. The normalized spacial score (nSPS) is 16.1. The number of rotatable bonds is 6. The molecule has 1 fully saturated rings. The van der Waals surface area contributed by atoms with Crippen LogP contribution in [-0.4, -0.2) is 42.1 Å². The predicted molar refractivity (Wildman–Crippen MR) is 114 cm³/mol. The molecule has 0 bridgehead atoms. The van der Waals surface area contributed by atoms with Crippen molar-refractivity contribution in [2.75, 3.05) is 25.1 Å². The van der Waals surface area contributed by atoms with Gasteiger partial charge in [-0.1, -0.05) is 12.1 Å². The SMILES string of the molecule is COc1ccc2nc(N3CCCC3C(=O)NCCc3ccc(F)cc3)nc(C)c2c1. The number of fused-ring (bicyclic) bond motifs is 1. The van der Waals surface area contributed by atoms with Crippen LogP contribution in [0.25, 0.3) is 10.9 Å². The zero-order valence-corrected chi connectivity index (χ0v) is 17.2. The number of methoxy groups -OCH3 is 1. The second-order valence-corrected chi connectivity index (χ2v) is 7.51. The van der Waals surface area contributed by atoms with Crippen LogP contribution in [0.4, 0.5) is 10.3 Å². The zero-order valence-electron chi connectivity index (χ0n) is 17.2. The van der Waals surface area contributed by atoms with Crippen molar-refractivity contribution in [3.63, 3.8) is 0 Å². The maximum absolute atomic E-state index is 13.0. The summed E-state index contributed by atoms with van der Waals surface area (Å²) in [6.07, 6.45) is 2.34. The molecule has 1 aromatic heterocycles. The van der Waals surface area contributed by atoms with Crippen LogP contribution in [0.3, 0.4) is 0 Å². The van der Waals surface area contributed by atoms with Gasteiger partial charge in [0.15, 0.2) is 0 Å². The minimum Gasteiger partial charge on any atom is -0.497 e. The molecule has 1 unspecified atom stereocenters. The fourth-order valence-electron chi connectivity index (χ4n) is 3.88. The second kappa shape index (κ2) is 8.65. The molecule has 0 radical (unpaired) electrons. The number of hydrogen-bond acceptors (Lipinski definition) is 5. The van der Waals surface area contributed by atoms with Crippen molar-refractivity contribution < 1.29 is 13.9 Å². The molecule has 1 atom stereocenters. The van der Waals surface area contributed by atoms with Crippen LogP contribution in [0.5, 0.6) is 5.75 Å². The van der Waals surface area contributed by atoms with Gasteiger partial charge in [-0.15, -0.1) is 0 Å². The Labute approximate surface area is 175 Å². The number of ether oxygens (including phenoxy) is 1. The average molecular weight is 408 g/mol. The predicted octanol–water partition coefficient (Wildman–Crippen LogP) is 3.41. The lowest BCUT2D eigenvalue weighted by molar-refractivity contribution is -0.122. The van der Waals surface area contributed by atoms with E-state index < -0.39 is 0 Å². The summed E-state index contributed by atoms with van der Waals surface area (Å²) in [7, 11) is 1.63. The molecule has 1 saturated heterocycles. The number of anilines is 1. The van der Waals surface area contributed by atoms with Gasteiger partial charge in [-0.3, -0.25) is 4.79 Å². The summed E-state index contributed by atoms with van der Waals surface area (Å²) >= 11 is 0. The van der Waals surface area contributed by atoms with Gasteiger partial charge in [0.05, 0.1) is 18.3 Å². The molecule has 4 rings (SSSR count). The quantitative estimate of drug-likeness (QED) is 0.677. The molecule has 7 heteroatoms. The Morgan fingerprint density at radius 3 is 2.80 bits per heavy atom. The topological polar surface area (TPSA) is 67.3 Å². The molecule has 0 saturated carbocycles. The first kappa shape index (κ1) is 20.1. The highest BCUT2D eigenvalue weighted by molar-refractivity contribution is 5.87. The fourth-order valence-corrected chi connectivity index (χ4v) is 3.88. The van der Waals surface area contributed by atoms with Gasteiger partial charge in [0, 0.05) is 18.5 Å². The molecule has 6 nitrogen and oxygen atoms in total. The van der Waals surface area contributed by atoms with Crippen molar-refractivity contribution in [2.45, 2.75) is 32.2 Å². The minimum atomic E-state index is -0.284. The number of nitrogens with zero attached hydrogens (tertiary/aromatic N) is 3. The van der Waals surface area contributed by atoms with Crippen LogP contribution >= 0.6 is 0 Å². The fraction of sp³-hybridized carbons (Fsp3) is 0.348. The highest BCUT2D eigenvalue weighted by atomic mass is 19.1. The highest BCUT2D eigenvalue weighted by Gasteiger charge is 2.32. The van der Waals surface area contributed by atoms with Crippen molar-refractivity contribution in [3.05, 3.63) is 59.5 Å². The van der Waals surface area contributed by atoms with E-state index in [0.29, 0.717) is 18.9 Å². The summed E-state index contributed by atoms with van der Waals surface area (Å²) in [6.45, 7) is 3.20. The van der Waals surface area contributed by atoms with Crippen molar-refractivity contribution in [3.8, 4) is 5.75 Å². The molecule has 2 heterocycles. The van der Waals surface area contributed by atoms with Crippen LogP contribution in [0.1, 0.15) is 24.1 Å². The number of halogens is 1. The summed E-state index contributed by atoms with van der Waals surface area (Å²) in [5, 5.41) is 3.95. The monoisotopic (exact) mass is 408 g/mol. The Morgan fingerprint density at radius 1 is 1.23 bits per heavy atom. The Morgan fingerprint density at radius 2 is 2.03 bits per heavy atom. The van der Waals surface area contributed by atoms with Crippen LogP contribution < -0.4 is 15.0 Å². The first-order valence-electron chi connectivity index (χ1n) is 10.2. The molecule has 1 aliphatic rings. The molecule has 1 aliphatic heterocycles. The summed E-state index contributed by atoms with van der Waals surface area (Å²) in [6, 6.07) is 11.8. The maximum Gasteiger partial charge on any atom is 0.242 e. The summed E-state index contributed by atoms with van der Waals surface area (Å²) in [4.78, 5) is 24.2. The van der Waals surface area contributed by atoms with Crippen molar-refractivity contribution in [1.29, 1.82) is 0 Å². The highest BCUT2D eigenvalue weighted by Crippen LogP contribution is 2.27. The van der Waals surface area contributed by atoms with Crippen molar-refractivity contribution >= 4 is 22.8 Å². The smallest absolute Gasteiger partial charge is 0.242 e. The second-order valence-electron chi connectivity index (χ2n) is 7.51. The number of carbonyl (C=O) groups excluding carboxylic acids is 1. The van der Waals surface area contributed by atoms with E-state index in [9.17, 15) is 9.18 Å². The van der Waals surface area contributed by atoms with Crippen LogP contribution in [-0.2, 0) is 11.2 Å². The van der Waals surface area contributed by atoms with E-state index >= 15 is 0 Å². The number of benzene rings is 2. The lowest BCUT2D eigenvalue weighted by Gasteiger charge is -2.24. The molecule has 0 spiro atoms. The number of hydrogen-bond donors (Lipinski definition) is 1. The molecule has 0 aliphatic carbocycles. The number of aryl methyl sites for hydroxylation is 1. The molecular formula is C23H25FN4O2. The van der Waals surface area contributed by atoms with Gasteiger partial charge in [0.25, 0.3) is 0 Å². The van der Waals surface area contributed by atoms with Crippen LogP contribution in [0, 0.1) is 12.7 Å². The first-order chi connectivity index (χ1) is 14.5. The molecule has 30 heavy (non-hydrogen) atoms. The van der Waals surface area contributed by atoms with E-state index in [2.05, 4.69) is 10.3 Å². The Bertz CT molecular complexity index is 1060. The minimum absolute atomic E-state index is 0.0225. The third-order valence-corrected chi connectivity index (χ3v) is 5.52. The largest absolute Gasteiger partial charge is 0.497 e. The van der Waals surface area contributed by atoms with Crippen molar-refractivity contribution in [1.82, 2.24) is 15.3 Å². The summed E-state index contributed by atoms with van der Waals surface area (Å²) in [5.41, 5.74) is 2.68. The average Bonchev–Trinajstić information content (AvgIpc) is 3.25. The third-order valence-electron chi connectivity index (χ3n) is 5.52. The van der Waals surface area contributed by atoms with Crippen LogP contribution in [0.2, 0.25) is 0 Å². The van der Waals surface area contributed by atoms with E-state index in [0.717, 1.165) is 47.3 Å². The lowest BCUT2D eigenvalue weighted by Crippen LogP contribution is -2.44. The molecule has 1 amide bonds. The van der Waals surface area contributed by atoms with Gasteiger partial charge in [-0.05, 0) is 62.1 Å². The number of carbonyl (C=O) groups is 1. The van der Waals surface area contributed by atoms with E-state index in [1.165, 1.54) is 12.1 Å². The molecule has 1 N–H and O–H groups in total. The number of nitrogens with one attached hydrogen (secondary N) is 1. The first-order valence-corrected chi connectivity index (χ1v) is 10.2. The van der Waals surface area contributed by atoms with Crippen LogP contribution in [0.15, 0.2) is 42.5 Å². The van der Waals surface area contributed by atoms with E-state index in [-0.39, 0.29) is 17.8 Å². The molecule has 3 aromatic rings. The molecule has 2 aromatic carbocycles. The zero-order chi connectivity index (χ0) is 21.1. The standard InChI is InChI=1S/C23H25FN4O2/c1-15-19-14-18(30-2)9-10-20(19)27-23(26-15)28-13-3-4-21(28)22(29)25-12-11-16-5-7-17(24)8-6-16/h5-10,14,21H,3-4,11-13H2,1-2H3,(H,25,29). The van der Waals surface area contributed by atoms with Crippen molar-refractivity contribution in [2.24, 2.45) is 0 Å². The number of aromatic nitrogens is 2. The van der Waals surface area contributed by atoms with Gasteiger partial charge >= 0.3 is 0 Å². The summed E-state index contributed by atoms with van der Waals surface area (Å²) in [5.74, 6) is 1.07. The Kier molecular flexibility index (Phi) is 5.79. The van der Waals surface area contributed by atoms with E-state index in [4.69, 9.17) is 9.72 Å². The summed E-state index contributed by atoms with van der Waals surface area (Å²) < 4.78 is 18.3. The Balaban J connectivity index is 1.46.